The predicted molar refractivity (Wildman–Crippen MR) is 67.8 cm³/mol. The van der Waals surface area contributed by atoms with Crippen LogP contribution in [0, 0.1) is 0 Å². The summed E-state index contributed by atoms with van der Waals surface area (Å²) < 4.78 is 0.909. The van der Waals surface area contributed by atoms with Gasteiger partial charge in [-0.05, 0) is 42.0 Å². The lowest BCUT2D eigenvalue weighted by atomic mass is 10.1. The van der Waals surface area contributed by atoms with Crippen LogP contribution in [0.2, 0.25) is 0 Å². The third kappa shape index (κ3) is 3.47. The molecule has 0 fully saturated rings. The first-order valence-corrected chi connectivity index (χ1v) is 6.42. The van der Waals surface area contributed by atoms with Gasteiger partial charge in [0, 0.05) is 16.4 Å². The Balaban J connectivity index is 2.63. The number of pyridine rings is 1. The molecular formula is C10H13BrN2O2S. The first kappa shape index (κ1) is 13.5. The number of carboxylic acids is 1. The summed E-state index contributed by atoms with van der Waals surface area (Å²) in [4.78, 5) is 15.2. The van der Waals surface area contributed by atoms with Crippen molar-refractivity contribution in [1.29, 1.82) is 0 Å². The van der Waals surface area contributed by atoms with Crippen molar-refractivity contribution in [3.05, 3.63) is 22.8 Å². The molecule has 6 heteroatoms. The lowest BCUT2D eigenvalue weighted by molar-refractivity contribution is -0.142. The van der Waals surface area contributed by atoms with Crippen molar-refractivity contribution in [2.75, 3.05) is 12.8 Å². The van der Waals surface area contributed by atoms with Crippen LogP contribution in [-0.4, -0.2) is 34.4 Å². The van der Waals surface area contributed by atoms with Crippen molar-refractivity contribution < 1.29 is 9.90 Å². The highest BCUT2D eigenvalue weighted by atomic mass is 79.9. The molecule has 1 unspecified atom stereocenters. The van der Waals surface area contributed by atoms with Gasteiger partial charge < -0.3 is 10.4 Å². The molecule has 0 aliphatic rings. The number of hydrogen-bond donors (Lipinski definition) is 2. The van der Waals surface area contributed by atoms with E-state index < -0.39 is 11.5 Å². The Kier molecular flexibility index (Phi) is 4.76. The minimum Gasteiger partial charge on any atom is -0.480 e. The highest BCUT2D eigenvalue weighted by molar-refractivity contribution is 9.10. The second-order valence-electron chi connectivity index (χ2n) is 3.49. The van der Waals surface area contributed by atoms with Gasteiger partial charge in [0.1, 0.15) is 5.54 Å². The van der Waals surface area contributed by atoms with Crippen LogP contribution in [0.3, 0.4) is 0 Å². The Morgan fingerprint density at radius 3 is 2.81 bits per heavy atom. The summed E-state index contributed by atoms with van der Waals surface area (Å²) in [6.45, 7) is 1.65. The molecule has 2 N–H and O–H groups in total. The molecule has 0 radical (unpaired) electrons. The van der Waals surface area contributed by atoms with Crippen molar-refractivity contribution in [3.8, 4) is 0 Å². The number of aliphatic carboxylic acids is 1. The maximum atomic E-state index is 11.0. The highest BCUT2D eigenvalue weighted by Gasteiger charge is 2.31. The van der Waals surface area contributed by atoms with Crippen LogP contribution in [0.25, 0.3) is 0 Å². The molecule has 1 heterocycles. The Labute approximate surface area is 107 Å². The van der Waals surface area contributed by atoms with E-state index in [1.54, 1.807) is 20.2 Å². The average molecular weight is 305 g/mol. The molecule has 0 aliphatic heterocycles. The van der Waals surface area contributed by atoms with Crippen LogP contribution in [-0.2, 0) is 4.79 Å². The van der Waals surface area contributed by atoms with Crippen molar-refractivity contribution in [2.45, 2.75) is 17.5 Å². The quantitative estimate of drug-likeness (QED) is 0.815. The number of likely N-dealkylation sites (N-methyl/N-ethyl adjacent to an activating group) is 1. The lowest BCUT2D eigenvalue weighted by Crippen LogP contribution is -2.49. The summed E-state index contributed by atoms with van der Waals surface area (Å²) in [6, 6.07) is 3.74. The summed E-state index contributed by atoms with van der Waals surface area (Å²) in [5.41, 5.74) is -0.931. The molecule has 1 atom stereocenters. The van der Waals surface area contributed by atoms with E-state index in [0.717, 1.165) is 9.50 Å². The number of nitrogens with one attached hydrogen (secondary N) is 1. The van der Waals surface area contributed by atoms with E-state index in [1.165, 1.54) is 11.8 Å². The average Bonchev–Trinajstić information content (AvgIpc) is 2.27. The van der Waals surface area contributed by atoms with Gasteiger partial charge in [-0.2, -0.15) is 0 Å². The fourth-order valence-electron chi connectivity index (χ4n) is 0.907. The second kappa shape index (κ2) is 5.65. The van der Waals surface area contributed by atoms with Crippen LogP contribution >= 0.6 is 27.7 Å². The van der Waals surface area contributed by atoms with Crippen LogP contribution in [0.1, 0.15) is 6.92 Å². The number of halogens is 1. The lowest BCUT2D eigenvalue weighted by Gasteiger charge is -2.23. The molecule has 88 valence electrons. The van der Waals surface area contributed by atoms with Gasteiger partial charge in [0.15, 0.2) is 0 Å². The van der Waals surface area contributed by atoms with Crippen molar-refractivity contribution in [2.24, 2.45) is 0 Å². The molecular weight excluding hydrogens is 292 g/mol. The Hall–Kier alpha value is -0.590. The van der Waals surface area contributed by atoms with E-state index in [2.05, 4.69) is 26.2 Å². The normalized spacial score (nSPS) is 14.4. The summed E-state index contributed by atoms with van der Waals surface area (Å²) in [6.07, 6.45) is 1.69. The van der Waals surface area contributed by atoms with Gasteiger partial charge in [0.2, 0.25) is 0 Å². The zero-order valence-electron chi connectivity index (χ0n) is 9.03. The largest absolute Gasteiger partial charge is 0.480 e. The van der Waals surface area contributed by atoms with Crippen LogP contribution in [0.4, 0.5) is 0 Å². The third-order valence-corrected chi connectivity index (χ3v) is 3.96. The number of aromatic nitrogens is 1. The topological polar surface area (TPSA) is 62.2 Å². The zero-order valence-corrected chi connectivity index (χ0v) is 11.4. The van der Waals surface area contributed by atoms with E-state index in [0.29, 0.717) is 5.75 Å². The molecule has 1 rings (SSSR count). The van der Waals surface area contributed by atoms with E-state index in [1.807, 2.05) is 12.1 Å². The number of hydrogen-bond acceptors (Lipinski definition) is 4. The maximum absolute atomic E-state index is 11.0. The van der Waals surface area contributed by atoms with Crippen LogP contribution in [0.15, 0.2) is 27.8 Å². The smallest absolute Gasteiger partial charge is 0.324 e. The van der Waals surface area contributed by atoms with Gasteiger partial charge in [-0.1, -0.05) is 0 Å². The number of carboxylic acid groups (broad SMARTS) is 1. The number of nitrogens with zero attached hydrogens (tertiary/aromatic N) is 1. The molecule has 16 heavy (non-hydrogen) atoms. The van der Waals surface area contributed by atoms with Gasteiger partial charge in [-0.25, -0.2) is 4.98 Å². The highest BCUT2D eigenvalue weighted by Crippen LogP contribution is 2.22. The van der Waals surface area contributed by atoms with E-state index >= 15 is 0 Å². The predicted octanol–water partition coefficient (Wildman–Crippen LogP) is 2.00. The molecule has 0 aliphatic carbocycles. The summed E-state index contributed by atoms with van der Waals surface area (Å²) >= 11 is 4.71. The zero-order chi connectivity index (χ0) is 12.2. The first-order valence-electron chi connectivity index (χ1n) is 4.64. The molecule has 0 spiro atoms. The monoisotopic (exact) mass is 304 g/mol. The summed E-state index contributed by atoms with van der Waals surface area (Å²) in [5, 5.41) is 12.7. The third-order valence-electron chi connectivity index (χ3n) is 2.23. The van der Waals surface area contributed by atoms with Gasteiger partial charge in [-0.15, -0.1) is 11.8 Å². The van der Waals surface area contributed by atoms with Gasteiger partial charge in [-0.3, -0.25) is 4.79 Å². The molecule has 0 bridgehead atoms. The van der Waals surface area contributed by atoms with Gasteiger partial charge in [0.25, 0.3) is 0 Å². The van der Waals surface area contributed by atoms with Gasteiger partial charge in [0.05, 0.1) is 5.03 Å². The molecule has 0 saturated carbocycles. The van der Waals surface area contributed by atoms with Crippen molar-refractivity contribution in [1.82, 2.24) is 10.3 Å². The number of thioether (sulfide) groups is 1. The number of rotatable bonds is 5. The minimum atomic E-state index is -0.931. The minimum absolute atomic E-state index is 0.424. The fourth-order valence-corrected chi connectivity index (χ4v) is 2.14. The summed E-state index contributed by atoms with van der Waals surface area (Å²) in [5.74, 6) is -0.437. The van der Waals surface area contributed by atoms with E-state index in [4.69, 9.17) is 5.11 Å². The van der Waals surface area contributed by atoms with Crippen LogP contribution in [0.5, 0.6) is 0 Å². The van der Waals surface area contributed by atoms with E-state index in [-0.39, 0.29) is 0 Å². The molecule has 0 aromatic carbocycles. The van der Waals surface area contributed by atoms with E-state index in [9.17, 15) is 4.79 Å². The standard InChI is InChI=1S/C10H13BrN2O2S/c1-10(12-2,9(14)15)6-16-8-4-3-7(11)5-13-8/h3-5,12H,6H2,1-2H3,(H,14,15). The maximum Gasteiger partial charge on any atom is 0.324 e. The molecule has 0 saturated heterocycles. The SMILES string of the molecule is CNC(C)(CSc1ccc(Br)cn1)C(=O)O. The van der Waals surface area contributed by atoms with Crippen molar-refractivity contribution >= 4 is 33.7 Å². The Morgan fingerprint density at radius 1 is 1.69 bits per heavy atom. The summed E-state index contributed by atoms with van der Waals surface area (Å²) in [7, 11) is 1.64. The molecule has 1 aromatic rings. The molecule has 1 aromatic heterocycles. The number of carbonyl (C=O) groups is 1. The first-order chi connectivity index (χ1) is 7.48. The second-order valence-corrected chi connectivity index (χ2v) is 5.40. The Morgan fingerprint density at radius 2 is 2.38 bits per heavy atom. The molecule has 0 amide bonds. The Bertz CT molecular complexity index is 372. The molecule has 4 nitrogen and oxygen atoms in total. The van der Waals surface area contributed by atoms with Gasteiger partial charge >= 0.3 is 5.97 Å². The fraction of sp³-hybridized carbons (Fsp3) is 0.400. The van der Waals surface area contributed by atoms with Crippen LogP contribution < -0.4 is 5.32 Å². The van der Waals surface area contributed by atoms with Crippen molar-refractivity contribution in [3.63, 3.8) is 0 Å².